The molecule has 3 rings (SSSR count). The topological polar surface area (TPSA) is 55.1 Å². The zero-order valence-electron chi connectivity index (χ0n) is 12.2. The Labute approximate surface area is 136 Å². The van der Waals surface area contributed by atoms with E-state index in [1.165, 1.54) is 5.56 Å². The first-order valence-electron chi connectivity index (χ1n) is 7.00. The Morgan fingerprint density at radius 3 is 2.95 bits per heavy atom. The molecule has 1 N–H and O–H groups in total. The second-order valence-electron chi connectivity index (χ2n) is 4.93. The van der Waals surface area contributed by atoms with Crippen molar-refractivity contribution < 1.29 is 9.21 Å². The minimum Gasteiger partial charge on any atom is -0.458 e. The molecule has 4 nitrogen and oxygen atoms in total. The number of nitrogens with one attached hydrogen (secondary N) is 1. The number of carbonyl (C=O) groups is 1. The number of rotatable bonds is 6. The maximum absolute atomic E-state index is 11.8. The summed E-state index contributed by atoms with van der Waals surface area (Å²) >= 11 is 3.24. The number of thiophene rings is 1. The molecule has 0 aliphatic rings. The largest absolute Gasteiger partial charge is 0.458 e. The number of furan rings is 1. The van der Waals surface area contributed by atoms with Gasteiger partial charge in [0.25, 0.3) is 0 Å². The summed E-state index contributed by atoms with van der Waals surface area (Å²) in [6.45, 7) is 2.37. The monoisotopic (exact) mass is 332 g/mol. The van der Waals surface area contributed by atoms with Crippen molar-refractivity contribution >= 4 is 28.6 Å². The van der Waals surface area contributed by atoms with Gasteiger partial charge >= 0.3 is 0 Å². The Kier molecular flexibility index (Phi) is 4.70. The Bertz CT molecular complexity index is 744. The summed E-state index contributed by atoms with van der Waals surface area (Å²) in [4.78, 5) is 16.2. The maximum Gasteiger partial charge on any atom is 0.220 e. The quantitative estimate of drug-likeness (QED) is 0.741. The molecule has 1 amide bonds. The SMILES string of the molecule is Cc1nc(-c2ccc(CNC(=O)CCc3ccsc3)o2)cs1. The highest BCUT2D eigenvalue weighted by molar-refractivity contribution is 7.09. The van der Waals surface area contributed by atoms with Crippen LogP contribution in [-0.2, 0) is 17.8 Å². The molecule has 0 aliphatic heterocycles. The van der Waals surface area contributed by atoms with Crippen LogP contribution in [-0.4, -0.2) is 10.9 Å². The Hall–Kier alpha value is -1.92. The second kappa shape index (κ2) is 6.89. The lowest BCUT2D eigenvalue weighted by atomic mass is 10.2. The molecule has 0 radical (unpaired) electrons. The molecule has 22 heavy (non-hydrogen) atoms. The highest BCUT2D eigenvalue weighted by Gasteiger charge is 2.09. The molecule has 3 heterocycles. The Morgan fingerprint density at radius 1 is 1.32 bits per heavy atom. The van der Waals surface area contributed by atoms with Crippen molar-refractivity contribution in [2.24, 2.45) is 0 Å². The van der Waals surface area contributed by atoms with E-state index in [0.29, 0.717) is 13.0 Å². The zero-order valence-corrected chi connectivity index (χ0v) is 13.8. The van der Waals surface area contributed by atoms with Gasteiger partial charge in [-0.15, -0.1) is 11.3 Å². The van der Waals surface area contributed by atoms with Crippen molar-refractivity contribution in [1.82, 2.24) is 10.3 Å². The third-order valence-electron chi connectivity index (χ3n) is 3.21. The number of carbonyl (C=O) groups excluding carboxylic acids is 1. The van der Waals surface area contributed by atoms with Gasteiger partial charge in [0, 0.05) is 11.8 Å². The first kappa shape index (κ1) is 15.0. The fourth-order valence-corrected chi connectivity index (χ4v) is 3.36. The number of amides is 1. The van der Waals surface area contributed by atoms with Crippen LogP contribution in [0.1, 0.15) is 22.8 Å². The molecule has 0 unspecified atom stereocenters. The van der Waals surface area contributed by atoms with Crippen LogP contribution in [0.4, 0.5) is 0 Å². The van der Waals surface area contributed by atoms with Crippen molar-refractivity contribution in [2.75, 3.05) is 0 Å². The van der Waals surface area contributed by atoms with Crippen LogP contribution < -0.4 is 5.32 Å². The van der Waals surface area contributed by atoms with Gasteiger partial charge in [-0.1, -0.05) is 0 Å². The van der Waals surface area contributed by atoms with Crippen molar-refractivity contribution in [1.29, 1.82) is 0 Å². The molecule has 0 spiro atoms. The summed E-state index contributed by atoms with van der Waals surface area (Å²) in [6.07, 6.45) is 1.27. The van der Waals surface area contributed by atoms with Crippen molar-refractivity contribution in [3.8, 4) is 11.5 Å². The van der Waals surface area contributed by atoms with Crippen LogP contribution in [0.15, 0.2) is 38.8 Å². The van der Waals surface area contributed by atoms with Gasteiger partial charge in [0.05, 0.1) is 11.6 Å². The zero-order chi connectivity index (χ0) is 15.4. The smallest absolute Gasteiger partial charge is 0.220 e. The van der Waals surface area contributed by atoms with E-state index >= 15 is 0 Å². The predicted octanol–water partition coefficient (Wildman–Crippen LogP) is 4.02. The highest BCUT2D eigenvalue weighted by Crippen LogP contribution is 2.23. The first-order valence-corrected chi connectivity index (χ1v) is 8.82. The van der Waals surface area contributed by atoms with E-state index in [1.54, 1.807) is 22.7 Å². The van der Waals surface area contributed by atoms with Crippen LogP contribution in [0.3, 0.4) is 0 Å². The van der Waals surface area contributed by atoms with Crippen LogP contribution >= 0.6 is 22.7 Å². The summed E-state index contributed by atoms with van der Waals surface area (Å²) in [5.41, 5.74) is 2.05. The standard InChI is InChI=1S/C16H16N2O2S2/c1-11-18-14(10-22-11)15-4-3-13(20-15)8-17-16(19)5-2-12-6-7-21-9-12/h3-4,6-7,9-10H,2,5,8H2,1H3,(H,17,19). The third kappa shape index (κ3) is 3.84. The van der Waals surface area contributed by atoms with Crippen LogP contribution in [0, 0.1) is 6.92 Å². The summed E-state index contributed by atoms with van der Waals surface area (Å²) < 4.78 is 5.71. The fraction of sp³-hybridized carbons (Fsp3) is 0.250. The lowest BCUT2D eigenvalue weighted by molar-refractivity contribution is -0.121. The summed E-state index contributed by atoms with van der Waals surface area (Å²) in [6, 6.07) is 5.82. The van der Waals surface area contributed by atoms with E-state index in [0.717, 1.165) is 28.6 Å². The van der Waals surface area contributed by atoms with Crippen molar-refractivity contribution in [3.05, 3.63) is 50.7 Å². The number of hydrogen-bond donors (Lipinski definition) is 1. The van der Waals surface area contributed by atoms with Crippen molar-refractivity contribution in [3.63, 3.8) is 0 Å². The number of aryl methyl sites for hydroxylation is 2. The summed E-state index contributed by atoms with van der Waals surface area (Å²) in [5.74, 6) is 1.52. The van der Waals surface area contributed by atoms with Gasteiger partial charge in [0.15, 0.2) is 5.76 Å². The molecule has 0 fully saturated rings. The maximum atomic E-state index is 11.8. The molecule has 0 aromatic carbocycles. The van der Waals surface area contributed by atoms with E-state index in [-0.39, 0.29) is 5.91 Å². The molecular weight excluding hydrogens is 316 g/mol. The number of hydrogen-bond acceptors (Lipinski definition) is 5. The van der Waals surface area contributed by atoms with E-state index in [2.05, 4.69) is 15.7 Å². The van der Waals surface area contributed by atoms with Crippen LogP contribution in [0.2, 0.25) is 0 Å². The minimum absolute atomic E-state index is 0.0358. The van der Waals surface area contributed by atoms with Crippen LogP contribution in [0.5, 0.6) is 0 Å². The van der Waals surface area contributed by atoms with Gasteiger partial charge in [-0.25, -0.2) is 4.98 Å². The normalized spacial score (nSPS) is 10.8. The number of aromatic nitrogens is 1. The molecule has 114 valence electrons. The Balaban J connectivity index is 1.49. The van der Waals surface area contributed by atoms with E-state index in [9.17, 15) is 4.79 Å². The summed E-state index contributed by atoms with van der Waals surface area (Å²) in [7, 11) is 0. The average molecular weight is 332 g/mol. The van der Waals surface area contributed by atoms with Gasteiger partial charge in [-0.3, -0.25) is 4.79 Å². The van der Waals surface area contributed by atoms with Gasteiger partial charge in [0.1, 0.15) is 11.5 Å². The fourth-order valence-electron chi connectivity index (χ4n) is 2.05. The predicted molar refractivity (Wildman–Crippen MR) is 89.0 cm³/mol. The molecular formula is C16H16N2O2S2. The summed E-state index contributed by atoms with van der Waals surface area (Å²) in [5, 5.41) is 9.96. The molecule has 0 atom stereocenters. The lowest BCUT2D eigenvalue weighted by Crippen LogP contribution is -2.22. The molecule has 0 saturated heterocycles. The third-order valence-corrected chi connectivity index (χ3v) is 4.72. The first-order chi connectivity index (χ1) is 10.7. The number of thiazole rings is 1. The lowest BCUT2D eigenvalue weighted by Gasteiger charge is -2.02. The van der Waals surface area contributed by atoms with E-state index < -0.39 is 0 Å². The second-order valence-corrected chi connectivity index (χ2v) is 6.77. The minimum atomic E-state index is 0.0358. The Morgan fingerprint density at radius 2 is 2.23 bits per heavy atom. The molecule has 6 heteroatoms. The molecule has 0 aliphatic carbocycles. The van der Waals surface area contributed by atoms with Crippen molar-refractivity contribution in [2.45, 2.75) is 26.3 Å². The number of nitrogens with zero attached hydrogens (tertiary/aromatic N) is 1. The van der Waals surface area contributed by atoms with Crippen LogP contribution in [0.25, 0.3) is 11.5 Å². The van der Waals surface area contributed by atoms with Gasteiger partial charge < -0.3 is 9.73 Å². The molecule has 3 aromatic rings. The van der Waals surface area contributed by atoms with Gasteiger partial charge in [-0.2, -0.15) is 11.3 Å². The molecule has 3 aromatic heterocycles. The van der Waals surface area contributed by atoms with Gasteiger partial charge in [0.2, 0.25) is 5.91 Å². The van der Waals surface area contributed by atoms with E-state index in [1.807, 2.05) is 35.9 Å². The average Bonchev–Trinajstić information content (AvgIpc) is 3.24. The van der Waals surface area contributed by atoms with Gasteiger partial charge in [-0.05, 0) is 47.9 Å². The highest BCUT2D eigenvalue weighted by atomic mass is 32.1. The molecule has 0 bridgehead atoms. The van der Waals surface area contributed by atoms with E-state index in [4.69, 9.17) is 4.42 Å². The molecule has 0 saturated carbocycles.